The smallest absolute Gasteiger partial charge is 0.412 e. The number of piperidine rings is 1. The number of amidine groups is 1. The lowest BCUT2D eigenvalue weighted by atomic mass is 9.94. The van der Waals surface area contributed by atoms with Gasteiger partial charge in [-0.15, -0.1) is 0 Å². The van der Waals surface area contributed by atoms with Crippen molar-refractivity contribution >= 4 is 29.5 Å². The first-order valence-corrected chi connectivity index (χ1v) is 9.96. The molecule has 164 valence electrons. The van der Waals surface area contributed by atoms with Gasteiger partial charge >= 0.3 is 12.1 Å². The zero-order valence-electron chi connectivity index (χ0n) is 17.8. The second kappa shape index (κ2) is 11.2. The number of ether oxygens (including phenoxy) is 2. The molecular weight excluding hydrogens is 388 g/mol. The van der Waals surface area contributed by atoms with Gasteiger partial charge in [0.25, 0.3) is 0 Å². The minimum Gasteiger partial charge on any atom is -0.469 e. The fraction of sp³-hybridized carbons (Fsp3) is 0.524. The molecule has 9 nitrogen and oxygen atoms in total. The number of alkyl carbamates (subject to hydrolysis) is 1. The van der Waals surface area contributed by atoms with E-state index in [1.165, 1.54) is 14.2 Å². The van der Waals surface area contributed by atoms with Crippen molar-refractivity contribution in [3.05, 3.63) is 29.8 Å². The van der Waals surface area contributed by atoms with Crippen molar-refractivity contribution in [3.8, 4) is 0 Å². The van der Waals surface area contributed by atoms with Crippen LogP contribution in [0.5, 0.6) is 0 Å². The van der Waals surface area contributed by atoms with E-state index in [4.69, 9.17) is 5.41 Å². The molecule has 1 aromatic carbocycles. The van der Waals surface area contributed by atoms with Gasteiger partial charge in [-0.2, -0.15) is 0 Å². The highest BCUT2D eigenvalue weighted by Gasteiger charge is 2.27. The number of methoxy groups -OCH3 is 2. The molecule has 1 aromatic rings. The molecule has 2 N–H and O–H groups in total. The predicted molar refractivity (Wildman–Crippen MR) is 113 cm³/mol. The number of hydrogen-bond acceptors (Lipinski definition) is 7. The van der Waals surface area contributed by atoms with Crippen LogP contribution in [-0.2, 0) is 19.1 Å². The van der Waals surface area contributed by atoms with E-state index in [0.717, 1.165) is 31.6 Å². The standard InChI is InChI=1S/C21H30N4O5/c1-24(12-4-5-18(26)29-2)20(27)16-10-13-25(14-11-16)17-8-6-15(7-9-17)19(22)23-21(28)30-3/h6-9,16H,4-5,10-14H2,1-3H3,(H2,22,23,28). The number of rotatable bonds is 7. The number of carbonyl (C=O) groups excluding carboxylic acids is 3. The topological polar surface area (TPSA) is 112 Å². The Kier molecular flexibility index (Phi) is 8.64. The number of hydrogen-bond donors (Lipinski definition) is 2. The van der Waals surface area contributed by atoms with Crippen LogP contribution in [0.15, 0.2) is 24.3 Å². The van der Waals surface area contributed by atoms with Crippen molar-refractivity contribution in [2.45, 2.75) is 25.7 Å². The molecule has 1 aliphatic rings. The van der Waals surface area contributed by atoms with Crippen LogP contribution in [0.25, 0.3) is 0 Å². The molecule has 0 unspecified atom stereocenters. The number of amides is 2. The molecule has 2 amide bonds. The number of anilines is 1. The molecule has 0 atom stereocenters. The van der Waals surface area contributed by atoms with Crippen LogP contribution in [0.1, 0.15) is 31.2 Å². The largest absolute Gasteiger partial charge is 0.469 e. The lowest BCUT2D eigenvalue weighted by molar-refractivity contribution is -0.141. The van der Waals surface area contributed by atoms with Crippen LogP contribution in [0.3, 0.4) is 0 Å². The van der Waals surface area contributed by atoms with E-state index >= 15 is 0 Å². The maximum Gasteiger partial charge on any atom is 0.412 e. The Hall–Kier alpha value is -3.10. The summed E-state index contributed by atoms with van der Waals surface area (Å²) < 4.78 is 9.12. The van der Waals surface area contributed by atoms with Gasteiger partial charge in [0.05, 0.1) is 14.2 Å². The highest BCUT2D eigenvalue weighted by Crippen LogP contribution is 2.25. The quantitative estimate of drug-likeness (QED) is 0.398. The second-order valence-electron chi connectivity index (χ2n) is 7.24. The molecule has 0 saturated carbocycles. The lowest BCUT2D eigenvalue weighted by Crippen LogP contribution is -2.41. The van der Waals surface area contributed by atoms with Gasteiger partial charge in [-0.25, -0.2) is 4.79 Å². The molecule has 0 radical (unpaired) electrons. The summed E-state index contributed by atoms with van der Waals surface area (Å²) >= 11 is 0. The SMILES string of the molecule is COC(=O)CCCN(C)C(=O)C1CCN(c2ccc(C(=N)NC(=O)OC)cc2)CC1. The second-order valence-corrected chi connectivity index (χ2v) is 7.24. The van der Waals surface area contributed by atoms with E-state index in [2.05, 4.69) is 19.7 Å². The van der Waals surface area contributed by atoms with E-state index in [1.807, 2.05) is 12.1 Å². The number of esters is 1. The monoisotopic (exact) mass is 418 g/mol. The van der Waals surface area contributed by atoms with Gasteiger partial charge < -0.3 is 19.3 Å². The Bertz CT molecular complexity index is 757. The molecule has 1 saturated heterocycles. The van der Waals surface area contributed by atoms with Crippen LogP contribution in [0.2, 0.25) is 0 Å². The molecule has 0 aromatic heterocycles. The van der Waals surface area contributed by atoms with Crippen molar-refractivity contribution in [1.29, 1.82) is 5.41 Å². The van der Waals surface area contributed by atoms with E-state index in [9.17, 15) is 14.4 Å². The zero-order chi connectivity index (χ0) is 22.1. The molecule has 9 heteroatoms. The van der Waals surface area contributed by atoms with Gasteiger partial charge in [0, 0.05) is 50.3 Å². The zero-order valence-corrected chi connectivity index (χ0v) is 17.8. The van der Waals surface area contributed by atoms with E-state index in [1.54, 1.807) is 24.1 Å². The summed E-state index contributed by atoms with van der Waals surface area (Å²) in [6.45, 7) is 2.08. The first kappa shape index (κ1) is 23.2. The highest BCUT2D eigenvalue weighted by atomic mass is 16.5. The maximum absolute atomic E-state index is 12.6. The molecule has 0 bridgehead atoms. The molecule has 2 rings (SSSR count). The van der Waals surface area contributed by atoms with Crippen LogP contribution in [0.4, 0.5) is 10.5 Å². The molecular formula is C21H30N4O5. The highest BCUT2D eigenvalue weighted by molar-refractivity contribution is 6.04. The van der Waals surface area contributed by atoms with Crippen molar-refractivity contribution < 1.29 is 23.9 Å². The molecule has 1 heterocycles. The number of benzene rings is 1. The summed E-state index contributed by atoms with van der Waals surface area (Å²) in [6, 6.07) is 7.37. The molecule has 1 fully saturated rings. The van der Waals surface area contributed by atoms with Crippen molar-refractivity contribution in [2.24, 2.45) is 5.92 Å². The molecule has 0 aliphatic carbocycles. The fourth-order valence-corrected chi connectivity index (χ4v) is 3.43. The van der Waals surface area contributed by atoms with Crippen LogP contribution in [-0.4, -0.2) is 69.6 Å². The van der Waals surface area contributed by atoms with Crippen molar-refractivity contribution in [3.63, 3.8) is 0 Å². The van der Waals surface area contributed by atoms with Gasteiger partial charge in [0.15, 0.2) is 0 Å². The number of carbonyl (C=O) groups is 3. The Labute approximate surface area is 176 Å². The summed E-state index contributed by atoms with van der Waals surface area (Å²) in [5.41, 5.74) is 1.60. The van der Waals surface area contributed by atoms with E-state index in [0.29, 0.717) is 24.9 Å². The van der Waals surface area contributed by atoms with Crippen LogP contribution >= 0.6 is 0 Å². The lowest BCUT2D eigenvalue weighted by Gasteiger charge is -2.34. The van der Waals surface area contributed by atoms with Gasteiger partial charge in [0.1, 0.15) is 5.84 Å². The van der Waals surface area contributed by atoms with Crippen molar-refractivity contribution in [1.82, 2.24) is 10.2 Å². The number of nitrogens with zero attached hydrogens (tertiary/aromatic N) is 2. The minimum absolute atomic E-state index is 0.0129. The Morgan fingerprint density at radius 1 is 1.13 bits per heavy atom. The molecule has 0 spiro atoms. The minimum atomic E-state index is -0.675. The van der Waals surface area contributed by atoms with Gasteiger partial charge in [0.2, 0.25) is 5.91 Å². The van der Waals surface area contributed by atoms with Crippen molar-refractivity contribution in [2.75, 3.05) is 45.8 Å². The summed E-state index contributed by atoms with van der Waals surface area (Å²) in [6.07, 6.45) is 1.77. The summed E-state index contributed by atoms with van der Waals surface area (Å²) in [7, 11) is 4.39. The maximum atomic E-state index is 12.6. The van der Waals surface area contributed by atoms with Crippen LogP contribution in [0, 0.1) is 11.3 Å². The first-order valence-electron chi connectivity index (χ1n) is 9.96. The predicted octanol–water partition coefficient (Wildman–Crippen LogP) is 2.00. The first-order chi connectivity index (χ1) is 14.3. The summed E-state index contributed by atoms with van der Waals surface area (Å²) in [4.78, 5) is 39.0. The Morgan fingerprint density at radius 3 is 2.33 bits per heavy atom. The summed E-state index contributed by atoms with van der Waals surface area (Å²) in [5, 5.41) is 10.2. The van der Waals surface area contributed by atoms with Gasteiger partial charge in [-0.05, 0) is 43.5 Å². The van der Waals surface area contributed by atoms with Crippen LogP contribution < -0.4 is 10.2 Å². The third-order valence-electron chi connectivity index (χ3n) is 5.26. The summed E-state index contributed by atoms with van der Waals surface area (Å²) in [5.74, 6) is -0.169. The third kappa shape index (κ3) is 6.47. The fourth-order valence-electron chi connectivity index (χ4n) is 3.43. The third-order valence-corrected chi connectivity index (χ3v) is 5.26. The normalized spacial score (nSPS) is 14.0. The van der Waals surface area contributed by atoms with Gasteiger partial charge in [-0.3, -0.25) is 20.3 Å². The average molecular weight is 418 g/mol. The Morgan fingerprint density at radius 2 is 1.77 bits per heavy atom. The average Bonchev–Trinajstić information content (AvgIpc) is 2.78. The van der Waals surface area contributed by atoms with E-state index < -0.39 is 6.09 Å². The molecule has 1 aliphatic heterocycles. The molecule has 30 heavy (non-hydrogen) atoms. The van der Waals surface area contributed by atoms with Gasteiger partial charge in [-0.1, -0.05) is 0 Å². The Balaban J connectivity index is 1.82. The van der Waals surface area contributed by atoms with E-state index in [-0.39, 0.29) is 23.6 Å². The number of nitrogens with one attached hydrogen (secondary N) is 2.